The molecule has 1 N–H and O–H groups in total. The molecule has 1 atom stereocenters. The lowest BCUT2D eigenvalue weighted by atomic mass is 10.0. The van der Waals surface area contributed by atoms with Gasteiger partial charge in [0, 0.05) is 4.83 Å². The van der Waals surface area contributed by atoms with Gasteiger partial charge in [0.05, 0.1) is 0 Å². The maximum Gasteiger partial charge on any atom is 0.115 e. The monoisotopic (exact) mass is 458 g/mol. The Labute approximate surface area is 184 Å². The van der Waals surface area contributed by atoms with Crippen molar-refractivity contribution in [1.82, 2.24) is 0 Å². The highest BCUT2D eigenvalue weighted by Crippen LogP contribution is 2.32. The molecule has 0 aliphatic rings. The highest BCUT2D eigenvalue weighted by Gasteiger charge is 2.10. The fraction of sp³-hybridized carbons (Fsp3) is 0.750. The summed E-state index contributed by atoms with van der Waals surface area (Å²) in [5, 5.41) is 9.51. The lowest BCUT2D eigenvalue weighted by Gasteiger charge is -2.13. The summed E-state index contributed by atoms with van der Waals surface area (Å²) in [5.41, 5.74) is 2.50. The summed E-state index contributed by atoms with van der Waals surface area (Å²) in [6.07, 6.45) is 20.9. The molecule has 0 radical (unpaired) electrons. The predicted octanol–water partition coefficient (Wildman–Crippen LogP) is 9.12. The van der Waals surface area contributed by atoms with Crippen molar-refractivity contribution < 1.29 is 5.11 Å². The number of benzene rings is 1. The Morgan fingerprint density at radius 1 is 0.778 bits per heavy atom. The van der Waals surface area contributed by atoms with Gasteiger partial charge in [-0.2, -0.15) is 13.5 Å². The number of halogens is 1. The van der Waals surface area contributed by atoms with Crippen molar-refractivity contribution in [1.29, 1.82) is 0 Å². The minimum Gasteiger partial charge on any atom is -0.508 e. The van der Waals surface area contributed by atoms with Crippen molar-refractivity contribution in [3.05, 3.63) is 29.3 Å². The number of hydrogen-bond acceptors (Lipinski definition) is 1. The average molecular weight is 460 g/mol. The van der Waals surface area contributed by atoms with Gasteiger partial charge in [-0.05, 0) is 36.6 Å². The molecule has 0 amide bonds. The summed E-state index contributed by atoms with van der Waals surface area (Å²) in [7, 11) is 0. The SMILES string of the molecule is CCCCCCCCCCCCCCCCC(Br)c1ccc(O)cc1C.S. The summed E-state index contributed by atoms with van der Waals surface area (Å²) in [6, 6.07) is 5.70. The Morgan fingerprint density at radius 3 is 1.67 bits per heavy atom. The number of aryl methyl sites for hydroxylation is 1. The Hall–Kier alpha value is -0.150. The largest absolute Gasteiger partial charge is 0.508 e. The highest BCUT2D eigenvalue weighted by molar-refractivity contribution is 9.09. The maximum absolute atomic E-state index is 9.51. The van der Waals surface area contributed by atoms with E-state index in [1.807, 2.05) is 12.1 Å². The summed E-state index contributed by atoms with van der Waals surface area (Å²) in [4.78, 5) is 0.417. The smallest absolute Gasteiger partial charge is 0.115 e. The minimum absolute atomic E-state index is 0. The third kappa shape index (κ3) is 13.6. The second-order valence-corrected chi connectivity index (χ2v) is 9.00. The molecular weight excluding hydrogens is 416 g/mol. The Morgan fingerprint density at radius 2 is 1.22 bits per heavy atom. The van der Waals surface area contributed by atoms with E-state index in [9.17, 15) is 5.11 Å². The molecule has 0 heterocycles. The zero-order valence-corrected chi connectivity index (χ0v) is 20.3. The van der Waals surface area contributed by atoms with Gasteiger partial charge >= 0.3 is 0 Å². The van der Waals surface area contributed by atoms with Crippen molar-refractivity contribution in [2.24, 2.45) is 0 Å². The molecule has 0 saturated carbocycles. The van der Waals surface area contributed by atoms with Crippen molar-refractivity contribution in [2.45, 2.75) is 115 Å². The normalized spacial score (nSPS) is 12.0. The van der Waals surface area contributed by atoms with E-state index in [2.05, 4.69) is 29.8 Å². The number of rotatable bonds is 16. The van der Waals surface area contributed by atoms with E-state index in [1.54, 1.807) is 6.07 Å². The van der Waals surface area contributed by atoms with E-state index >= 15 is 0 Å². The lowest BCUT2D eigenvalue weighted by Crippen LogP contribution is -1.94. The molecule has 1 aromatic rings. The number of phenols is 1. The van der Waals surface area contributed by atoms with Crippen LogP contribution in [0.15, 0.2) is 18.2 Å². The van der Waals surface area contributed by atoms with Crippen molar-refractivity contribution in [2.75, 3.05) is 0 Å². The van der Waals surface area contributed by atoms with Crippen LogP contribution in [0.4, 0.5) is 0 Å². The van der Waals surface area contributed by atoms with Crippen LogP contribution in [0.5, 0.6) is 5.75 Å². The fourth-order valence-corrected chi connectivity index (χ4v) is 4.52. The van der Waals surface area contributed by atoms with Crippen LogP contribution in [-0.2, 0) is 0 Å². The van der Waals surface area contributed by atoms with Gasteiger partial charge in [-0.3, -0.25) is 0 Å². The fourth-order valence-electron chi connectivity index (χ4n) is 3.68. The minimum atomic E-state index is 0. The summed E-state index contributed by atoms with van der Waals surface area (Å²) in [6.45, 7) is 4.36. The number of hydrogen-bond donors (Lipinski definition) is 1. The van der Waals surface area contributed by atoms with Gasteiger partial charge in [0.2, 0.25) is 0 Å². The van der Waals surface area contributed by atoms with E-state index in [-0.39, 0.29) is 13.5 Å². The topological polar surface area (TPSA) is 20.2 Å². The Kier molecular flexibility index (Phi) is 17.8. The van der Waals surface area contributed by atoms with Crippen LogP contribution in [0.2, 0.25) is 0 Å². The Bertz CT molecular complexity index is 464. The third-order valence-electron chi connectivity index (χ3n) is 5.40. The van der Waals surface area contributed by atoms with E-state index in [4.69, 9.17) is 0 Å². The Balaban J connectivity index is 0.00000676. The van der Waals surface area contributed by atoms with Gasteiger partial charge in [0.25, 0.3) is 0 Å². The molecule has 27 heavy (non-hydrogen) atoms. The van der Waals surface area contributed by atoms with Gasteiger partial charge < -0.3 is 5.11 Å². The zero-order chi connectivity index (χ0) is 19.0. The van der Waals surface area contributed by atoms with Crippen LogP contribution in [0.3, 0.4) is 0 Å². The van der Waals surface area contributed by atoms with Crippen molar-refractivity contribution in [3.63, 3.8) is 0 Å². The quantitative estimate of drug-likeness (QED) is 0.193. The van der Waals surface area contributed by atoms with Crippen molar-refractivity contribution >= 4 is 29.4 Å². The predicted molar refractivity (Wildman–Crippen MR) is 130 cm³/mol. The molecule has 3 heteroatoms. The molecule has 0 aromatic heterocycles. The molecule has 0 bridgehead atoms. The van der Waals surface area contributed by atoms with Crippen LogP contribution < -0.4 is 0 Å². The van der Waals surface area contributed by atoms with Gasteiger partial charge in [0.1, 0.15) is 5.75 Å². The van der Waals surface area contributed by atoms with Crippen LogP contribution in [0.25, 0.3) is 0 Å². The first-order valence-electron chi connectivity index (χ1n) is 11.1. The van der Waals surface area contributed by atoms with Crippen LogP contribution in [0.1, 0.15) is 119 Å². The second kappa shape index (κ2) is 17.9. The third-order valence-corrected chi connectivity index (χ3v) is 6.35. The van der Waals surface area contributed by atoms with E-state index < -0.39 is 0 Å². The molecule has 0 spiro atoms. The molecule has 158 valence electrons. The molecule has 1 aromatic carbocycles. The number of alkyl halides is 1. The first-order chi connectivity index (χ1) is 12.6. The van der Waals surface area contributed by atoms with E-state index in [1.165, 1.54) is 107 Å². The molecule has 1 nitrogen and oxygen atoms in total. The number of unbranched alkanes of at least 4 members (excludes halogenated alkanes) is 13. The van der Waals surface area contributed by atoms with E-state index in [0.29, 0.717) is 10.6 Å². The van der Waals surface area contributed by atoms with Gasteiger partial charge in [-0.15, -0.1) is 0 Å². The van der Waals surface area contributed by atoms with E-state index in [0.717, 1.165) is 0 Å². The second-order valence-electron chi connectivity index (χ2n) is 7.89. The molecule has 0 fully saturated rings. The number of phenolic OH excluding ortho intramolecular Hbond substituents is 1. The summed E-state index contributed by atoms with van der Waals surface area (Å²) < 4.78 is 0. The zero-order valence-electron chi connectivity index (χ0n) is 17.7. The van der Waals surface area contributed by atoms with Crippen LogP contribution >= 0.6 is 29.4 Å². The molecule has 0 aliphatic heterocycles. The van der Waals surface area contributed by atoms with Crippen molar-refractivity contribution in [3.8, 4) is 5.75 Å². The maximum atomic E-state index is 9.51. The summed E-state index contributed by atoms with van der Waals surface area (Å²) >= 11 is 3.82. The molecule has 1 rings (SSSR count). The standard InChI is InChI=1S/C24H41BrO.H2S/c1-3-4-5-6-7-8-9-10-11-12-13-14-15-16-17-24(25)23-19-18-22(26)20-21(23)2;/h18-20,24,26H,3-17H2,1-2H3;1H2. The number of aromatic hydroxyl groups is 1. The van der Waals surface area contributed by atoms with Gasteiger partial charge in [-0.25, -0.2) is 0 Å². The molecule has 0 aliphatic carbocycles. The van der Waals surface area contributed by atoms with Gasteiger partial charge in [0.15, 0.2) is 0 Å². The molecule has 0 saturated heterocycles. The molecule has 1 unspecified atom stereocenters. The first kappa shape index (κ1) is 26.9. The first-order valence-corrected chi connectivity index (χ1v) is 12.0. The summed E-state index contributed by atoms with van der Waals surface area (Å²) in [5.74, 6) is 0.363. The lowest BCUT2D eigenvalue weighted by molar-refractivity contribution is 0.474. The average Bonchev–Trinajstić information content (AvgIpc) is 2.61. The van der Waals surface area contributed by atoms with Crippen LogP contribution in [0, 0.1) is 6.92 Å². The molecular formula is C24H43BrOS. The van der Waals surface area contributed by atoms with Crippen LogP contribution in [-0.4, -0.2) is 5.11 Å². The van der Waals surface area contributed by atoms with Gasteiger partial charge in [-0.1, -0.05) is 119 Å². The highest BCUT2D eigenvalue weighted by atomic mass is 79.9.